The maximum atomic E-state index is 11.4. The van der Waals surface area contributed by atoms with E-state index in [0.717, 1.165) is 19.4 Å². The minimum absolute atomic E-state index is 0.0242. The number of nitriles is 1. The van der Waals surface area contributed by atoms with E-state index in [1.807, 2.05) is 32.7 Å². The first kappa shape index (κ1) is 15.9. The van der Waals surface area contributed by atoms with Gasteiger partial charge in [0.25, 0.3) is 0 Å². The Morgan fingerprint density at radius 2 is 2.16 bits per heavy atom. The van der Waals surface area contributed by atoms with Crippen LogP contribution in [0.2, 0.25) is 0 Å². The molecule has 0 saturated carbocycles. The molecule has 1 N–H and O–H groups in total. The largest absolute Gasteiger partial charge is 0.458 e. The molecule has 1 fully saturated rings. The number of hydrogen-bond donors (Lipinski definition) is 1. The van der Waals surface area contributed by atoms with Gasteiger partial charge in [0.05, 0.1) is 12.1 Å². The molecule has 1 rings (SSSR count). The van der Waals surface area contributed by atoms with Crippen molar-refractivity contribution in [1.82, 2.24) is 10.4 Å². The molecule has 1 aliphatic heterocycles. The lowest BCUT2D eigenvalue weighted by molar-refractivity contribution is -0.164. The van der Waals surface area contributed by atoms with Crippen LogP contribution >= 0.6 is 0 Å². The summed E-state index contributed by atoms with van der Waals surface area (Å²) in [5, 5.41) is 8.90. The summed E-state index contributed by atoms with van der Waals surface area (Å²) in [6.45, 7) is 6.06. The van der Waals surface area contributed by atoms with Gasteiger partial charge in [-0.15, -0.1) is 0 Å². The van der Waals surface area contributed by atoms with Crippen molar-refractivity contribution in [2.24, 2.45) is 0 Å². The van der Waals surface area contributed by atoms with Gasteiger partial charge in [0.1, 0.15) is 5.60 Å². The number of ether oxygens (including phenoxy) is 1. The second kappa shape index (κ2) is 6.85. The highest BCUT2D eigenvalue weighted by Crippen LogP contribution is 2.15. The molecule has 0 amide bonds. The molecule has 0 aromatic heterocycles. The van der Waals surface area contributed by atoms with Gasteiger partial charge in [0.15, 0.2) is 6.61 Å². The first-order valence-corrected chi connectivity index (χ1v) is 6.51. The van der Waals surface area contributed by atoms with Crippen LogP contribution in [0.1, 0.15) is 33.6 Å². The second-order valence-corrected chi connectivity index (χ2v) is 5.85. The van der Waals surface area contributed by atoms with Gasteiger partial charge in [-0.3, -0.25) is 9.74 Å². The monoisotopic (exact) mass is 269 g/mol. The Balaban J connectivity index is 2.21. The van der Waals surface area contributed by atoms with E-state index in [-0.39, 0.29) is 24.7 Å². The predicted molar refractivity (Wildman–Crippen MR) is 70.0 cm³/mol. The summed E-state index contributed by atoms with van der Waals surface area (Å²) < 4.78 is 5.13. The maximum absolute atomic E-state index is 11.4. The van der Waals surface area contributed by atoms with Crippen LogP contribution in [0.5, 0.6) is 0 Å². The molecule has 108 valence electrons. The van der Waals surface area contributed by atoms with Crippen LogP contribution in [0.4, 0.5) is 0 Å². The lowest BCUT2D eigenvalue weighted by atomic mass is 10.0. The fourth-order valence-electron chi connectivity index (χ4n) is 1.99. The van der Waals surface area contributed by atoms with E-state index < -0.39 is 5.60 Å². The van der Waals surface area contributed by atoms with Crippen molar-refractivity contribution in [2.45, 2.75) is 51.3 Å². The Labute approximate surface area is 114 Å². The smallest absolute Gasteiger partial charge is 0.334 e. The highest BCUT2D eigenvalue weighted by atomic mass is 16.7. The summed E-state index contributed by atoms with van der Waals surface area (Å²) in [5.74, 6) is -0.390. The van der Waals surface area contributed by atoms with Gasteiger partial charge in [0.2, 0.25) is 0 Å². The molecular formula is C13H23N3O3. The molecule has 0 aromatic rings. The molecule has 19 heavy (non-hydrogen) atoms. The zero-order valence-corrected chi connectivity index (χ0v) is 12.1. The number of likely N-dealkylation sites (tertiary alicyclic amines) is 1. The first-order valence-electron chi connectivity index (χ1n) is 6.51. The summed E-state index contributed by atoms with van der Waals surface area (Å²) in [6, 6.07) is 2.37. The average molecular weight is 269 g/mol. The van der Waals surface area contributed by atoms with Crippen molar-refractivity contribution in [2.75, 3.05) is 20.2 Å². The second-order valence-electron chi connectivity index (χ2n) is 5.85. The number of hydroxylamine groups is 1. The molecule has 1 aliphatic rings. The molecule has 0 bridgehead atoms. The van der Waals surface area contributed by atoms with Crippen LogP contribution in [0.15, 0.2) is 0 Å². The van der Waals surface area contributed by atoms with Crippen molar-refractivity contribution < 1.29 is 14.4 Å². The SMILES string of the molecule is CN1CC(NOCC(=O)OC(C)(C)C)CC[C@H]1C#N. The number of rotatable bonds is 4. The minimum atomic E-state index is -0.495. The lowest BCUT2D eigenvalue weighted by Crippen LogP contribution is -2.48. The number of carbonyl (C=O) groups is 1. The molecule has 0 spiro atoms. The Kier molecular flexibility index (Phi) is 5.73. The highest BCUT2D eigenvalue weighted by molar-refractivity contribution is 5.71. The normalized spacial score (nSPS) is 24.8. The predicted octanol–water partition coefficient (Wildman–Crippen LogP) is 0.836. The van der Waals surface area contributed by atoms with E-state index in [1.54, 1.807) is 0 Å². The summed E-state index contributed by atoms with van der Waals surface area (Å²) in [6.07, 6.45) is 1.66. The van der Waals surface area contributed by atoms with E-state index in [2.05, 4.69) is 11.5 Å². The number of carbonyl (C=O) groups excluding carboxylic acids is 1. The standard InChI is InChI=1S/C13H23N3O3/c1-13(2,3)19-12(17)9-18-15-10-5-6-11(7-14)16(4)8-10/h10-11,15H,5-6,8-9H2,1-4H3/t10?,11-/m0/s1. The number of piperidine rings is 1. The summed E-state index contributed by atoms with van der Waals surface area (Å²) in [5.41, 5.74) is 2.37. The first-order chi connectivity index (χ1) is 8.81. The van der Waals surface area contributed by atoms with E-state index in [4.69, 9.17) is 14.8 Å². The number of nitrogens with one attached hydrogen (secondary N) is 1. The quantitative estimate of drug-likeness (QED) is 0.602. The fourth-order valence-corrected chi connectivity index (χ4v) is 1.99. The van der Waals surface area contributed by atoms with Crippen molar-refractivity contribution in [3.05, 3.63) is 0 Å². The molecule has 1 heterocycles. The molecular weight excluding hydrogens is 246 g/mol. The van der Waals surface area contributed by atoms with Crippen molar-refractivity contribution in [1.29, 1.82) is 5.26 Å². The van der Waals surface area contributed by atoms with Gasteiger partial charge in [0, 0.05) is 12.6 Å². The maximum Gasteiger partial charge on any atom is 0.334 e. The van der Waals surface area contributed by atoms with Crippen LogP contribution < -0.4 is 5.48 Å². The van der Waals surface area contributed by atoms with E-state index in [0.29, 0.717) is 0 Å². The number of likely N-dealkylation sites (N-methyl/N-ethyl adjacent to an activating group) is 1. The number of esters is 1. The van der Waals surface area contributed by atoms with Crippen molar-refractivity contribution >= 4 is 5.97 Å². The third kappa shape index (κ3) is 6.01. The lowest BCUT2D eigenvalue weighted by Gasteiger charge is -2.33. The van der Waals surface area contributed by atoms with E-state index in [9.17, 15) is 4.79 Å². The van der Waals surface area contributed by atoms with Gasteiger partial charge in [-0.05, 0) is 40.7 Å². The van der Waals surface area contributed by atoms with Gasteiger partial charge >= 0.3 is 5.97 Å². The van der Waals surface area contributed by atoms with E-state index in [1.165, 1.54) is 0 Å². The Hall–Kier alpha value is -1.16. The van der Waals surface area contributed by atoms with Gasteiger partial charge in [-0.2, -0.15) is 10.7 Å². The zero-order chi connectivity index (χ0) is 14.5. The fraction of sp³-hybridized carbons (Fsp3) is 0.846. The number of hydrogen-bond acceptors (Lipinski definition) is 6. The molecule has 6 nitrogen and oxygen atoms in total. The Bertz CT molecular complexity index is 346. The molecule has 0 aliphatic carbocycles. The Morgan fingerprint density at radius 1 is 1.47 bits per heavy atom. The molecule has 2 atom stereocenters. The number of nitrogens with zero attached hydrogens (tertiary/aromatic N) is 2. The minimum Gasteiger partial charge on any atom is -0.458 e. The summed E-state index contributed by atoms with van der Waals surface area (Å²) in [7, 11) is 1.91. The van der Waals surface area contributed by atoms with Gasteiger partial charge in [-0.1, -0.05) is 0 Å². The molecule has 0 aromatic carbocycles. The molecule has 0 radical (unpaired) electrons. The third-order valence-electron chi connectivity index (χ3n) is 2.84. The van der Waals surface area contributed by atoms with Crippen LogP contribution in [0.25, 0.3) is 0 Å². The highest BCUT2D eigenvalue weighted by Gasteiger charge is 2.25. The third-order valence-corrected chi connectivity index (χ3v) is 2.84. The van der Waals surface area contributed by atoms with Crippen LogP contribution in [0.3, 0.4) is 0 Å². The van der Waals surface area contributed by atoms with E-state index >= 15 is 0 Å². The summed E-state index contributed by atoms with van der Waals surface area (Å²) >= 11 is 0. The topological polar surface area (TPSA) is 74.6 Å². The molecule has 1 saturated heterocycles. The van der Waals surface area contributed by atoms with Crippen molar-refractivity contribution in [3.8, 4) is 6.07 Å². The van der Waals surface area contributed by atoms with Crippen LogP contribution in [-0.2, 0) is 14.4 Å². The van der Waals surface area contributed by atoms with Crippen LogP contribution in [0, 0.1) is 11.3 Å². The van der Waals surface area contributed by atoms with Crippen LogP contribution in [-0.4, -0.2) is 48.8 Å². The average Bonchev–Trinajstić information content (AvgIpc) is 2.26. The van der Waals surface area contributed by atoms with Gasteiger partial charge in [-0.25, -0.2) is 4.79 Å². The summed E-state index contributed by atoms with van der Waals surface area (Å²) in [4.78, 5) is 18.6. The molecule has 1 unspecified atom stereocenters. The zero-order valence-electron chi connectivity index (χ0n) is 12.1. The molecule has 6 heteroatoms. The van der Waals surface area contributed by atoms with Crippen molar-refractivity contribution in [3.63, 3.8) is 0 Å². The Morgan fingerprint density at radius 3 is 2.68 bits per heavy atom. The van der Waals surface area contributed by atoms with Gasteiger partial charge < -0.3 is 4.74 Å².